The largest absolute Gasteiger partial charge is 0.497 e. The Bertz CT molecular complexity index is 1270. The number of imide groups is 1. The molecular formula is C26H23ClN2O5. The Morgan fingerprint density at radius 2 is 1.68 bits per heavy atom. The fourth-order valence-electron chi connectivity index (χ4n) is 4.67. The Labute approximate surface area is 202 Å². The van der Waals surface area contributed by atoms with E-state index in [0.29, 0.717) is 33.3 Å². The second-order valence-electron chi connectivity index (χ2n) is 8.16. The van der Waals surface area contributed by atoms with Crippen molar-refractivity contribution < 1.29 is 23.9 Å². The van der Waals surface area contributed by atoms with E-state index >= 15 is 0 Å². The van der Waals surface area contributed by atoms with Crippen molar-refractivity contribution in [1.29, 1.82) is 0 Å². The number of hydrogen-bond acceptors (Lipinski definition) is 6. The van der Waals surface area contributed by atoms with E-state index in [4.69, 9.17) is 25.9 Å². The van der Waals surface area contributed by atoms with Crippen molar-refractivity contribution in [2.75, 3.05) is 24.2 Å². The topological polar surface area (TPSA) is 68.3 Å². The molecule has 3 unspecified atom stereocenters. The van der Waals surface area contributed by atoms with Gasteiger partial charge in [-0.2, -0.15) is 0 Å². The van der Waals surface area contributed by atoms with Crippen LogP contribution in [0.25, 0.3) is 0 Å². The number of methoxy groups -OCH3 is 2. The third kappa shape index (κ3) is 3.40. The summed E-state index contributed by atoms with van der Waals surface area (Å²) in [5.74, 6) is -0.397. The van der Waals surface area contributed by atoms with Gasteiger partial charge in [-0.25, -0.2) is 9.96 Å². The molecule has 0 aromatic heterocycles. The van der Waals surface area contributed by atoms with Crippen molar-refractivity contribution in [3.8, 4) is 11.5 Å². The maximum Gasteiger partial charge on any atom is 0.266 e. The first-order valence-electron chi connectivity index (χ1n) is 10.8. The summed E-state index contributed by atoms with van der Waals surface area (Å²) in [6.45, 7) is 1.79. The second-order valence-corrected chi connectivity index (χ2v) is 8.57. The summed E-state index contributed by atoms with van der Waals surface area (Å²) in [5, 5.41) is 2.12. The fourth-order valence-corrected chi connectivity index (χ4v) is 4.84. The van der Waals surface area contributed by atoms with Crippen LogP contribution < -0.4 is 19.4 Å². The van der Waals surface area contributed by atoms with Crippen LogP contribution >= 0.6 is 11.6 Å². The van der Waals surface area contributed by atoms with Crippen molar-refractivity contribution in [2.24, 2.45) is 5.92 Å². The fraction of sp³-hybridized carbons (Fsp3) is 0.231. The molecule has 174 valence electrons. The molecule has 0 radical (unpaired) electrons. The van der Waals surface area contributed by atoms with Crippen molar-refractivity contribution in [3.05, 3.63) is 82.9 Å². The van der Waals surface area contributed by atoms with E-state index in [0.717, 1.165) is 5.69 Å². The summed E-state index contributed by atoms with van der Waals surface area (Å²) in [5.41, 5.74) is 2.56. The number of hydrogen-bond donors (Lipinski definition) is 0. The Balaban J connectivity index is 1.64. The summed E-state index contributed by atoms with van der Waals surface area (Å²) < 4.78 is 11.0. The zero-order valence-electron chi connectivity index (χ0n) is 18.9. The van der Waals surface area contributed by atoms with E-state index in [2.05, 4.69) is 0 Å². The number of nitrogens with zero attached hydrogens (tertiary/aromatic N) is 2. The Morgan fingerprint density at radius 3 is 2.38 bits per heavy atom. The smallest absolute Gasteiger partial charge is 0.266 e. The van der Waals surface area contributed by atoms with Gasteiger partial charge in [-0.05, 0) is 48.9 Å². The van der Waals surface area contributed by atoms with Crippen molar-refractivity contribution >= 4 is 34.8 Å². The number of carbonyl (C=O) groups is 2. The van der Waals surface area contributed by atoms with Gasteiger partial charge in [-0.1, -0.05) is 35.9 Å². The molecule has 5 rings (SSSR count). The van der Waals surface area contributed by atoms with Gasteiger partial charge in [-0.3, -0.25) is 14.4 Å². The minimum Gasteiger partial charge on any atom is -0.497 e. The predicted octanol–water partition coefficient (Wildman–Crippen LogP) is 4.72. The number of rotatable bonds is 5. The molecule has 2 amide bonds. The highest BCUT2D eigenvalue weighted by atomic mass is 35.5. The summed E-state index contributed by atoms with van der Waals surface area (Å²) in [7, 11) is 3.13. The lowest BCUT2D eigenvalue weighted by atomic mass is 9.90. The van der Waals surface area contributed by atoms with Gasteiger partial charge >= 0.3 is 0 Å². The molecule has 3 aromatic rings. The average molecular weight is 479 g/mol. The van der Waals surface area contributed by atoms with Gasteiger partial charge in [0.25, 0.3) is 5.91 Å². The molecule has 0 bridgehead atoms. The number of para-hydroxylation sites is 1. The maximum atomic E-state index is 13.8. The highest BCUT2D eigenvalue weighted by molar-refractivity contribution is 6.32. The molecule has 0 saturated carbocycles. The van der Waals surface area contributed by atoms with Crippen LogP contribution in [0.1, 0.15) is 17.2 Å². The molecule has 3 atom stereocenters. The van der Waals surface area contributed by atoms with Crippen LogP contribution in [-0.2, 0) is 14.4 Å². The first-order chi connectivity index (χ1) is 16.5. The van der Waals surface area contributed by atoms with Crippen LogP contribution in [0.2, 0.25) is 5.02 Å². The summed E-state index contributed by atoms with van der Waals surface area (Å²) >= 11 is 6.29. The lowest BCUT2D eigenvalue weighted by Gasteiger charge is -2.30. The lowest BCUT2D eigenvalue weighted by molar-refractivity contribution is -0.126. The van der Waals surface area contributed by atoms with Crippen LogP contribution in [-0.4, -0.2) is 32.1 Å². The Kier molecular flexibility index (Phi) is 5.67. The molecule has 34 heavy (non-hydrogen) atoms. The number of carbonyl (C=O) groups excluding carboxylic acids is 2. The van der Waals surface area contributed by atoms with E-state index < -0.39 is 24.0 Å². The SMILES string of the molecule is COc1ccc(C2C3C(=O)N(c4cccc(Cl)c4C)C(=O)C3ON2c2ccccc2)c(OC)c1. The van der Waals surface area contributed by atoms with Crippen LogP contribution in [0, 0.1) is 12.8 Å². The van der Waals surface area contributed by atoms with Gasteiger partial charge in [0.2, 0.25) is 5.91 Å². The van der Waals surface area contributed by atoms with E-state index in [9.17, 15) is 9.59 Å². The highest BCUT2D eigenvalue weighted by Crippen LogP contribution is 2.50. The number of hydroxylamine groups is 1. The number of halogens is 1. The van der Waals surface area contributed by atoms with Crippen molar-refractivity contribution in [2.45, 2.75) is 19.1 Å². The maximum absolute atomic E-state index is 13.8. The third-order valence-corrected chi connectivity index (χ3v) is 6.77. The van der Waals surface area contributed by atoms with E-state index in [1.54, 1.807) is 56.5 Å². The van der Waals surface area contributed by atoms with Gasteiger partial charge in [-0.15, -0.1) is 0 Å². The molecule has 2 saturated heterocycles. The van der Waals surface area contributed by atoms with E-state index in [1.165, 1.54) is 4.90 Å². The van der Waals surface area contributed by atoms with Gasteiger partial charge < -0.3 is 9.47 Å². The predicted molar refractivity (Wildman–Crippen MR) is 128 cm³/mol. The van der Waals surface area contributed by atoms with Gasteiger partial charge in [0, 0.05) is 16.7 Å². The number of benzene rings is 3. The number of ether oxygens (including phenoxy) is 2. The van der Waals surface area contributed by atoms with Crippen LogP contribution in [0.15, 0.2) is 66.7 Å². The van der Waals surface area contributed by atoms with E-state index in [1.807, 2.05) is 36.4 Å². The average Bonchev–Trinajstić information content (AvgIpc) is 3.37. The number of anilines is 2. The van der Waals surface area contributed by atoms with Gasteiger partial charge in [0.1, 0.15) is 17.4 Å². The van der Waals surface area contributed by atoms with Crippen molar-refractivity contribution in [3.63, 3.8) is 0 Å². The molecule has 7 nitrogen and oxygen atoms in total. The van der Waals surface area contributed by atoms with Crippen LogP contribution in [0.3, 0.4) is 0 Å². The molecule has 8 heteroatoms. The van der Waals surface area contributed by atoms with Crippen molar-refractivity contribution in [1.82, 2.24) is 0 Å². The Hall–Kier alpha value is -3.55. The lowest BCUT2D eigenvalue weighted by Crippen LogP contribution is -2.37. The minimum atomic E-state index is -0.983. The highest BCUT2D eigenvalue weighted by Gasteiger charge is 2.61. The molecular weight excluding hydrogens is 456 g/mol. The first-order valence-corrected chi connectivity index (χ1v) is 11.2. The van der Waals surface area contributed by atoms with Crippen LogP contribution in [0.4, 0.5) is 11.4 Å². The number of fused-ring (bicyclic) bond motifs is 1. The zero-order valence-corrected chi connectivity index (χ0v) is 19.7. The monoisotopic (exact) mass is 478 g/mol. The van der Waals surface area contributed by atoms with Gasteiger partial charge in [0.05, 0.1) is 31.6 Å². The molecule has 2 aliphatic rings. The Morgan fingerprint density at radius 1 is 0.912 bits per heavy atom. The third-order valence-electron chi connectivity index (χ3n) is 6.37. The molecule has 2 fully saturated rings. The first kappa shape index (κ1) is 22.3. The molecule has 0 N–H and O–H groups in total. The molecule has 0 aliphatic carbocycles. The van der Waals surface area contributed by atoms with Crippen LogP contribution in [0.5, 0.6) is 11.5 Å². The van der Waals surface area contributed by atoms with Gasteiger partial charge in [0.15, 0.2) is 6.10 Å². The molecule has 2 aliphatic heterocycles. The minimum absolute atomic E-state index is 0.346. The molecule has 0 spiro atoms. The molecule has 3 aromatic carbocycles. The quantitative estimate of drug-likeness (QED) is 0.494. The second kappa shape index (κ2) is 8.66. The van der Waals surface area contributed by atoms with E-state index in [-0.39, 0.29) is 5.91 Å². The molecule has 2 heterocycles. The summed E-state index contributed by atoms with van der Waals surface area (Å²) in [6, 6.07) is 19.4. The standard InChI is InChI=1S/C26H23ClN2O5/c1-15-19(27)10-7-11-20(15)28-25(30)22-23(18-13-12-17(32-2)14-21(18)33-3)29(34-24(22)26(28)31)16-8-5-4-6-9-16/h4-14,22-24H,1-3H3. The normalized spacial score (nSPS) is 21.7. The summed E-state index contributed by atoms with van der Waals surface area (Å²) in [6.07, 6.45) is -0.983. The number of amides is 2. The zero-order chi connectivity index (χ0) is 24.0. The summed E-state index contributed by atoms with van der Waals surface area (Å²) in [4.78, 5) is 34.8.